The molecule has 29 heavy (non-hydrogen) atoms. The third-order valence-electron chi connectivity index (χ3n) is 4.74. The number of methoxy groups -OCH3 is 1. The molecule has 0 bridgehead atoms. The van der Waals surface area contributed by atoms with Gasteiger partial charge < -0.3 is 19.9 Å². The Kier molecular flexibility index (Phi) is 6.77. The van der Waals surface area contributed by atoms with Gasteiger partial charge in [-0.15, -0.1) is 0 Å². The van der Waals surface area contributed by atoms with Crippen molar-refractivity contribution in [1.29, 1.82) is 0 Å². The number of benzene rings is 2. The summed E-state index contributed by atoms with van der Waals surface area (Å²) < 4.78 is 5.10. The third-order valence-corrected chi connectivity index (χ3v) is 5.60. The predicted molar refractivity (Wildman–Crippen MR) is 117 cm³/mol. The quantitative estimate of drug-likeness (QED) is 0.732. The minimum atomic E-state index is -0.365. The van der Waals surface area contributed by atoms with Crippen LogP contribution in [0, 0.1) is 0 Å². The van der Waals surface area contributed by atoms with E-state index in [0.29, 0.717) is 48.2 Å². The first-order valence-corrected chi connectivity index (χ1v) is 10.1. The summed E-state index contributed by atoms with van der Waals surface area (Å²) in [6.07, 6.45) is 0. The minimum Gasteiger partial charge on any atom is -0.494 e. The number of ether oxygens (including phenoxy) is 1. The summed E-state index contributed by atoms with van der Waals surface area (Å²) in [5.74, 6) is 0.0324. The number of rotatable bonds is 4. The number of halogens is 3. The van der Waals surface area contributed by atoms with Crippen molar-refractivity contribution in [2.24, 2.45) is 0 Å². The average molecular weight is 457 g/mol. The summed E-state index contributed by atoms with van der Waals surface area (Å²) in [7, 11) is 1.45. The van der Waals surface area contributed by atoms with E-state index in [1.807, 2.05) is 11.0 Å². The fraction of sp³-hybridized carbons (Fsp3) is 0.300. The van der Waals surface area contributed by atoms with Gasteiger partial charge in [-0.1, -0.05) is 34.8 Å². The predicted octanol–water partition coefficient (Wildman–Crippen LogP) is 4.58. The van der Waals surface area contributed by atoms with Crippen LogP contribution in [0.3, 0.4) is 0 Å². The van der Waals surface area contributed by atoms with Crippen LogP contribution in [0.15, 0.2) is 30.3 Å². The Labute approximate surface area is 184 Å². The van der Waals surface area contributed by atoms with Crippen molar-refractivity contribution in [3.8, 4) is 5.75 Å². The number of nitrogens with zero attached hydrogens (tertiary/aromatic N) is 2. The molecule has 1 saturated heterocycles. The molecule has 2 aromatic rings. The van der Waals surface area contributed by atoms with Crippen molar-refractivity contribution in [3.05, 3.63) is 51.0 Å². The Morgan fingerprint density at radius 3 is 2.10 bits per heavy atom. The number of piperazine rings is 1. The lowest BCUT2D eigenvalue weighted by molar-refractivity contribution is -0.129. The van der Waals surface area contributed by atoms with Crippen molar-refractivity contribution in [2.75, 3.05) is 43.5 Å². The van der Waals surface area contributed by atoms with Gasteiger partial charge in [-0.05, 0) is 30.3 Å². The molecule has 0 saturated carbocycles. The molecule has 0 spiro atoms. The second-order valence-electron chi connectivity index (χ2n) is 6.59. The maximum Gasteiger partial charge on any atom is 0.255 e. The maximum absolute atomic E-state index is 12.6. The number of anilines is 2. The second kappa shape index (κ2) is 9.11. The van der Waals surface area contributed by atoms with Gasteiger partial charge in [0.2, 0.25) is 5.91 Å². The molecule has 0 radical (unpaired) electrons. The van der Waals surface area contributed by atoms with E-state index in [4.69, 9.17) is 39.5 Å². The Morgan fingerprint density at radius 2 is 1.59 bits per heavy atom. The smallest absolute Gasteiger partial charge is 0.255 e. The Morgan fingerprint density at radius 1 is 0.966 bits per heavy atom. The summed E-state index contributed by atoms with van der Waals surface area (Å²) in [6, 6.07) is 8.32. The minimum absolute atomic E-state index is 0.0764. The summed E-state index contributed by atoms with van der Waals surface area (Å²) in [5, 5.41) is 3.81. The van der Waals surface area contributed by atoms with Crippen molar-refractivity contribution in [2.45, 2.75) is 6.92 Å². The van der Waals surface area contributed by atoms with Crippen molar-refractivity contribution in [3.63, 3.8) is 0 Å². The molecular formula is C20H20Cl3N3O3. The number of hydrogen-bond acceptors (Lipinski definition) is 4. The molecule has 1 aliphatic heterocycles. The molecule has 3 rings (SSSR count). The molecule has 1 heterocycles. The van der Waals surface area contributed by atoms with Crippen LogP contribution in [0.4, 0.5) is 11.4 Å². The molecular weight excluding hydrogens is 437 g/mol. The molecule has 0 unspecified atom stereocenters. The summed E-state index contributed by atoms with van der Waals surface area (Å²) in [4.78, 5) is 28.0. The number of amides is 2. The van der Waals surface area contributed by atoms with Gasteiger partial charge >= 0.3 is 0 Å². The van der Waals surface area contributed by atoms with Crippen LogP contribution >= 0.6 is 34.8 Å². The van der Waals surface area contributed by atoms with Gasteiger partial charge in [0.15, 0.2) is 5.75 Å². The summed E-state index contributed by atoms with van der Waals surface area (Å²) >= 11 is 18.7. The van der Waals surface area contributed by atoms with Crippen LogP contribution < -0.4 is 15.0 Å². The lowest BCUT2D eigenvalue weighted by atomic mass is 10.2. The number of hydrogen-bond donors (Lipinski definition) is 1. The lowest BCUT2D eigenvalue weighted by Crippen LogP contribution is -2.48. The first-order chi connectivity index (χ1) is 13.8. The Bertz CT molecular complexity index is 921. The van der Waals surface area contributed by atoms with Crippen LogP contribution in [-0.2, 0) is 4.79 Å². The van der Waals surface area contributed by atoms with Crippen LogP contribution in [0.5, 0.6) is 5.75 Å². The highest BCUT2D eigenvalue weighted by atomic mass is 35.5. The van der Waals surface area contributed by atoms with E-state index in [9.17, 15) is 9.59 Å². The monoisotopic (exact) mass is 455 g/mol. The SMILES string of the molecule is COc1c(Cl)cc(C(=O)Nc2ccc(N3CCN(C(C)=O)CC3)c(Cl)c2)cc1Cl. The highest BCUT2D eigenvalue weighted by Crippen LogP contribution is 2.34. The normalized spacial score (nSPS) is 14.0. The van der Waals surface area contributed by atoms with Crippen LogP contribution in [0.2, 0.25) is 15.1 Å². The van der Waals surface area contributed by atoms with E-state index >= 15 is 0 Å². The molecule has 1 aliphatic rings. The largest absolute Gasteiger partial charge is 0.494 e. The zero-order valence-corrected chi connectivity index (χ0v) is 18.2. The van der Waals surface area contributed by atoms with Crippen LogP contribution in [-0.4, -0.2) is 50.0 Å². The first kappa shape index (κ1) is 21.6. The lowest BCUT2D eigenvalue weighted by Gasteiger charge is -2.36. The number of carbonyl (C=O) groups is 2. The second-order valence-corrected chi connectivity index (χ2v) is 7.81. The van der Waals surface area contributed by atoms with Gasteiger partial charge in [0, 0.05) is 44.4 Å². The Hall–Kier alpha value is -2.15. The van der Waals surface area contributed by atoms with E-state index in [2.05, 4.69) is 10.2 Å². The molecule has 1 fully saturated rings. The molecule has 2 amide bonds. The topological polar surface area (TPSA) is 61.9 Å². The molecule has 2 aromatic carbocycles. The van der Waals surface area contributed by atoms with E-state index in [1.165, 1.54) is 19.2 Å². The van der Waals surface area contributed by atoms with E-state index in [1.54, 1.807) is 19.1 Å². The molecule has 0 aromatic heterocycles. The third kappa shape index (κ3) is 4.89. The van der Waals surface area contributed by atoms with Gasteiger partial charge in [0.1, 0.15) is 0 Å². The van der Waals surface area contributed by atoms with Crippen molar-refractivity contribution >= 4 is 58.0 Å². The van der Waals surface area contributed by atoms with Crippen molar-refractivity contribution in [1.82, 2.24) is 4.90 Å². The molecule has 154 valence electrons. The summed E-state index contributed by atoms with van der Waals surface area (Å²) in [6.45, 7) is 4.29. The van der Waals surface area contributed by atoms with Crippen molar-refractivity contribution < 1.29 is 14.3 Å². The van der Waals surface area contributed by atoms with Gasteiger partial charge in [0.05, 0.1) is 27.9 Å². The highest BCUT2D eigenvalue weighted by Gasteiger charge is 2.21. The number of nitrogens with one attached hydrogen (secondary N) is 1. The maximum atomic E-state index is 12.6. The highest BCUT2D eigenvalue weighted by molar-refractivity contribution is 6.38. The van der Waals surface area contributed by atoms with E-state index in [0.717, 1.165) is 5.69 Å². The average Bonchev–Trinajstić information content (AvgIpc) is 2.68. The first-order valence-electron chi connectivity index (χ1n) is 8.94. The van der Waals surface area contributed by atoms with Gasteiger partial charge in [0.25, 0.3) is 5.91 Å². The number of carbonyl (C=O) groups excluding carboxylic acids is 2. The van der Waals surface area contributed by atoms with Crippen LogP contribution in [0.1, 0.15) is 17.3 Å². The van der Waals surface area contributed by atoms with E-state index < -0.39 is 0 Å². The fourth-order valence-electron chi connectivity index (χ4n) is 3.19. The zero-order chi connectivity index (χ0) is 21.1. The van der Waals surface area contributed by atoms with Gasteiger partial charge in [-0.25, -0.2) is 0 Å². The standard InChI is InChI=1S/C20H20Cl3N3O3/c1-12(27)25-5-7-26(8-6-25)18-4-3-14(11-15(18)21)24-20(28)13-9-16(22)19(29-2)17(23)10-13/h3-4,9-11H,5-8H2,1-2H3,(H,24,28). The fourth-order valence-corrected chi connectivity index (χ4v) is 4.13. The molecule has 1 N–H and O–H groups in total. The molecule has 0 atom stereocenters. The Balaban J connectivity index is 1.71. The van der Waals surface area contributed by atoms with Gasteiger partial charge in [-0.2, -0.15) is 0 Å². The van der Waals surface area contributed by atoms with Crippen LogP contribution in [0.25, 0.3) is 0 Å². The molecule has 0 aliphatic carbocycles. The van der Waals surface area contributed by atoms with E-state index in [-0.39, 0.29) is 21.9 Å². The zero-order valence-electron chi connectivity index (χ0n) is 16.0. The molecule has 9 heteroatoms. The molecule has 6 nitrogen and oxygen atoms in total. The van der Waals surface area contributed by atoms with Gasteiger partial charge in [-0.3, -0.25) is 9.59 Å². The summed E-state index contributed by atoms with van der Waals surface area (Å²) in [5.41, 5.74) is 1.72.